The fourth-order valence-corrected chi connectivity index (χ4v) is 2.83. The molecule has 1 aromatic carbocycles. The topological polar surface area (TPSA) is 50.9 Å². The van der Waals surface area contributed by atoms with Crippen LogP contribution in [0.15, 0.2) is 22.8 Å². The maximum Gasteiger partial charge on any atom is 0.189 e. The van der Waals surface area contributed by atoms with Crippen molar-refractivity contribution in [1.29, 1.82) is 0 Å². The van der Waals surface area contributed by atoms with E-state index < -0.39 is 0 Å². The predicted octanol–water partition coefficient (Wildman–Crippen LogP) is 3.85. The zero-order valence-electron chi connectivity index (χ0n) is 9.04. The van der Waals surface area contributed by atoms with E-state index in [0.29, 0.717) is 0 Å². The van der Waals surface area contributed by atoms with Gasteiger partial charge in [-0.25, -0.2) is 4.98 Å². The minimum atomic E-state index is 0.718. The van der Waals surface area contributed by atoms with Crippen LogP contribution >= 0.6 is 27.3 Å². The molecule has 1 aromatic heterocycles. The van der Waals surface area contributed by atoms with Crippen LogP contribution < -0.4 is 11.1 Å². The number of aryl methyl sites for hydroxylation is 2. The Morgan fingerprint density at radius 2 is 1.94 bits per heavy atom. The number of nitrogens with zero attached hydrogens (tertiary/aromatic N) is 1. The molecule has 0 aliphatic carbocycles. The number of nitrogens with one attached hydrogen (secondary N) is 1. The first-order chi connectivity index (χ1) is 7.56. The summed E-state index contributed by atoms with van der Waals surface area (Å²) in [5.74, 6) is 0. The molecule has 0 saturated heterocycles. The van der Waals surface area contributed by atoms with Crippen molar-refractivity contribution in [3.63, 3.8) is 0 Å². The standard InChI is InChI=1S/C11H12BrN3S/c1-6-3-8(12)4-7(2)10(6)15-11-14-5-9(13)16-11/h3-5H,13H2,1-2H3,(H,14,15). The van der Waals surface area contributed by atoms with Crippen molar-refractivity contribution < 1.29 is 0 Å². The van der Waals surface area contributed by atoms with E-state index >= 15 is 0 Å². The van der Waals surface area contributed by atoms with Gasteiger partial charge >= 0.3 is 0 Å². The van der Waals surface area contributed by atoms with E-state index in [1.165, 1.54) is 22.5 Å². The van der Waals surface area contributed by atoms with E-state index in [1.807, 2.05) is 0 Å². The van der Waals surface area contributed by atoms with Crippen LogP contribution in [0.5, 0.6) is 0 Å². The maximum atomic E-state index is 5.64. The number of benzene rings is 1. The Morgan fingerprint density at radius 1 is 1.31 bits per heavy atom. The minimum absolute atomic E-state index is 0.718. The first-order valence-corrected chi connectivity index (χ1v) is 6.42. The Balaban J connectivity index is 2.34. The molecular formula is C11H12BrN3S. The molecule has 0 radical (unpaired) electrons. The number of rotatable bonds is 2. The number of nitrogens with two attached hydrogens (primary N) is 1. The highest BCUT2D eigenvalue weighted by Crippen LogP contribution is 2.30. The lowest BCUT2D eigenvalue weighted by Crippen LogP contribution is -1.95. The molecule has 2 rings (SSSR count). The van der Waals surface area contributed by atoms with Crippen LogP contribution in [-0.2, 0) is 0 Å². The van der Waals surface area contributed by atoms with Crippen LogP contribution in [0.2, 0.25) is 0 Å². The van der Waals surface area contributed by atoms with Crippen molar-refractivity contribution in [3.05, 3.63) is 33.9 Å². The second kappa shape index (κ2) is 4.43. The molecule has 3 N–H and O–H groups in total. The quantitative estimate of drug-likeness (QED) is 0.885. The molecule has 2 aromatic rings. The van der Waals surface area contributed by atoms with Crippen molar-refractivity contribution in [2.24, 2.45) is 0 Å². The fourth-order valence-electron chi connectivity index (χ4n) is 1.56. The molecule has 0 amide bonds. The Labute approximate surface area is 107 Å². The SMILES string of the molecule is Cc1cc(Br)cc(C)c1Nc1ncc(N)s1. The van der Waals surface area contributed by atoms with Crippen molar-refractivity contribution in [2.75, 3.05) is 11.1 Å². The summed E-state index contributed by atoms with van der Waals surface area (Å²) in [5, 5.41) is 4.84. The van der Waals surface area contributed by atoms with Gasteiger partial charge in [-0.1, -0.05) is 27.3 Å². The van der Waals surface area contributed by atoms with E-state index in [0.717, 1.165) is 20.3 Å². The molecule has 16 heavy (non-hydrogen) atoms. The average Bonchev–Trinajstić information content (AvgIpc) is 2.58. The van der Waals surface area contributed by atoms with Crippen LogP contribution in [0, 0.1) is 13.8 Å². The zero-order valence-corrected chi connectivity index (χ0v) is 11.4. The van der Waals surface area contributed by atoms with Gasteiger partial charge in [-0.2, -0.15) is 0 Å². The first kappa shape index (κ1) is 11.4. The number of nitrogen functional groups attached to an aromatic ring is 1. The lowest BCUT2D eigenvalue weighted by molar-refractivity contribution is 1.32. The van der Waals surface area contributed by atoms with Crippen LogP contribution in [0.4, 0.5) is 15.8 Å². The monoisotopic (exact) mass is 297 g/mol. The summed E-state index contributed by atoms with van der Waals surface area (Å²) < 4.78 is 1.09. The maximum absolute atomic E-state index is 5.64. The van der Waals surface area contributed by atoms with Gasteiger partial charge < -0.3 is 11.1 Å². The number of thiazole rings is 1. The average molecular weight is 298 g/mol. The molecule has 1 heterocycles. The highest BCUT2D eigenvalue weighted by atomic mass is 79.9. The summed E-state index contributed by atoms with van der Waals surface area (Å²) >= 11 is 4.92. The van der Waals surface area contributed by atoms with E-state index in [1.54, 1.807) is 6.20 Å². The summed E-state index contributed by atoms with van der Waals surface area (Å²) in [7, 11) is 0. The third kappa shape index (κ3) is 2.36. The molecule has 5 heteroatoms. The van der Waals surface area contributed by atoms with E-state index in [-0.39, 0.29) is 0 Å². The predicted molar refractivity (Wildman–Crippen MR) is 73.4 cm³/mol. The van der Waals surface area contributed by atoms with Gasteiger partial charge in [-0.3, -0.25) is 0 Å². The number of hydrogen-bond acceptors (Lipinski definition) is 4. The van der Waals surface area contributed by atoms with Gasteiger partial charge in [0.05, 0.1) is 6.20 Å². The largest absolute Gasteiger partial charge is 0.389 e. The Hall–Kier alpha value is -1.07. The molecule has 0 fully saturated rings. The first-order valence-electron chi connectivity index (χ1n) is 4.81. The van der Waals surface area contributed by atoms with Gasteiger partial charge in [0.25, 0.3) is 0 Å². The van der Waals surface area contributed by atoms with Gasteiger partial charge in [0.1, 0.15) is 5.00 Å². The summed E-state index contributed by atoms with van der Waals surface area (Å²) in [6.07, 6.45) is 1.66. The van der Waals surface area contributed by atoms with Gasteiger partial charge in [0, 0.05) is 10.2 Å². The van der Waals surface area contributed by atoms with Crippen LogP contribution in [0.25, 0.3) is 0 Å². The number of aromatic nitrogens is 1. The molecular weight excluding hydrogens is 286 g/mol. The molecule has 3 nitrogen and oxygen atoms in total. The van der Waals surface area contributed by atoms with Crippen LogP contribution in [0.3, 0.4) is 0 Å². The summed E-state index contributed by atoms with van der Waals surface area (Å²) in [6.45, 7) is 4.13. The molecule has 0 aliphatic rings. The molecule has 0 atom stereocenters. The minimum Gasteiger partial charge on any atom is -0.389 e. The third-order valence-corrected chi connectivity index (χ3v) is 3.45. The molecule has 0 bridgehead atoms. The third-order valence-electron chi connectivity index (χ3n) is 2.25. The molecule has 0 spiro atoms. The summed E-state index contributed by atoms with van der Waals surface area (Å²) in [5.41, 5.74) is 9.10. The van der Waals surface area contributed by atoms with Crippen molar-refractivity contribution in [1.82, 2.24) is 4.98 Å². The number of hydrogen-bond donors (Lipinski definition) is 2. The summed E-state index contributed by atoms with van der Waals surface area (Å²) in [4.78, 5) is 4.19. The van der Waals surface area contributed by atoms with E-state index in [9.17, 15) is 0 Å². The van der Waals surface area contributed by atoms with E-state index in [2.05, 4.69) is 52.2 Å². The lowest BCUT2D eigenvalue weighted by atomic mass is 10.1. The Kier molecular flexibility index (Phi) is 3.16. The van der Waals surface area contributed by atoms with Crippen molar-refractivity contribution in [3.8, 4) is 0 Å². The van der Waals surface area contributed by atoms with Gasteiger partial charge in [0.2, 0.25) is 0 Å². The Bertz CT molecular complexity index is 499. The second-order valence-electron chi connectivity index (χ2n) is 3.61. The number of halogens is 1. The highest BCUT2D eigenvalue weighted by molar-refractivity contribution is 9.10. The van der Waals surface area contributed by atoms with Gasteiger partial charge in [-0.15, -0.1) is 0 Å². The van der Waals surface area contributed by atoms with Crippen molar-refractivity contribution >= 4 is 43.1 Å². The smallest absolute Gasteiger partial charge is 0.189 e. The molecule has 0 unspecified atom stereocenters. The lowest BCUT2D eigenvalue weighted by Gasteiger charge is -2.10. The fraction of sp³-hybridized carbons (Fsp3) is 0.182. The van der Waals surface area contributed by atoms with Crippen LogP contribution in [0.1, 0.15) is 11.1 Å². The Morgan fingerprint density at radius 3 is 2.44 bits per heavy atom. The summed E-state index contributed by atoms with van der Waals surface area (Å²) in [6, 6.07) is 4.15. The van der Waals surface area contributed by atoms with Crippen molar-refractivity contribution in [2.45, 2.75) is 13.8 Å². The zero-order chi connectivity index (χ0) is 11.7. The van der Waals surface area contributed by atoms with Gasteiger partial charge in [-0.05, 0) is 37.1 Å². The van der Waals surface area contributed by atoms with Gasteiger partial charge in [0.15, 0.2) is 5.13 Å². The normalized spacial score (nSPS) is 10.4. The highest BCUT2D eigenvalue weighted by Gasteiger charge is 2.06. The van der Waals surface area contributed by atoms with E-state index in [4.69, 9.17) is 5.73 Å². The van der Waals surface area contributed by atoms with Crippen LogP contribution in [-0.4, -0.2) is 4.98 Å². The molecule has 0 saturated carbocycles. The molecule has 0 aliphatic heterocycles. The number of anilines is 3. The molecule has 84 valence electrons. The second-order valence-corrected chi connectivity index (χ2v) is 5.59.